The molecule has 0 bridgehead atoms. The molecule has 0 fully saturated rings. The summed E-state index contributed by atoms with van der Waals surface area (Å²) < 4.78 is 33.8. The summed E-state index contributed by atoms with van der Waals surface area (Å²) in [5.74, 6) is -0.270. The lowest BCUT2D eigenvalue weighted by molar-refractivity contribution is 0.285. The van der Waals surface area contributed by atoms with Crippen LogP contribution in [-0.2, 0) is 0 Å². The molecule has 1 aromatic carbocycles. The molecule has 0 saturated heterocycles. The average Bonchev–Trinajstić information content (AvgIpc) is 2.73. The van der Waals surface area contributed by atoms with E-state index in [-0.39, 0.29) is 5.75 Å². The van der Waals surface area contributed by atoms with Crippen LogP contribution in [0, 0.1) is 23.5 Å². The second-order valence-electron chi connectivity index (χ2n) is 8.01. The first-order valence-corrected chi connectivity index (χ1v) is 10.7. The van der Waals surface area contributed by atoms with E-state index in [9.17, 15) is 8.78 Å². The van der Waals surface area contributed by atoms with Crippen molar-refractivity contribution in [1.29, 1.82) is 0 Å². The fourth-order valence-corrected chi connectivity index (χ4v) is 4.61. The van der Waals surface area contributed by atoms with Crippen LogP contribution >= 0.6 is 0 Å². The van der Waals surface area contributed by atoms with E-state index in [2.05, 4.69) is 18.7 Å². The van der Waals surface area contributed by atoms with Gasteiger partial charge in [-0.3, -0.25) is 0 Å². The number of benzene rings is 1. The van der Waals surface area contributed by atoms with Gasteiger partial charge in [0.1, 0.15) is 0 Å². The maximum absolute atomic E-state index is 14.5. The number of ether oxygens (including phenoxy) is 1. The first-order chi connectivity index (χ1) is 13.6. The Kier molecular flexibility index (Phi) is 7.47. The zero-order valence-electron chi connectivity index (χ0n) is 17.0. The van der Waals surface area contributed by atoms with E-state index >= 15 is 0 Å². The highest BCUT2D eigenvalue weighted by atomic mass is 19.2. The number of hydrogen-bond donors (Lipinski definition) is 0. The zero-order valence-corrected chi connectivity index (χ0v) is 17.0. The first kappa shape index (κ1) is 20.8. The van der Waals surface area contributed by atoms with Gasteiger partial charge in [-0.15, -0.1) is 6.58 Å². The molecule has 2 aliphatic carbocycles. The third-order valence-electron chi connectivity index (χ3n) is 6.26. The Balaban J connectivity index is 1.59. The zero-order chi connectivity index (χ0) is 19.9. The van der Waals surface area contributed by atoms with E-state index < -0.39 is 11.6 Å². The smallest absolute Gasteiger partial charge is 0.201 e. The van der Waals surface area contributed by atoms with Gasteiger partial charge in [-0.05, 0) is 94.3 Å². The highest BCUT2D eigenvalue weighted by molar-refractivity contribution is 5.67. The molecule has 152 valence electrons. The van der Waals surface area contributed by atoms with Crippen molar-refractivity contribution in [3.05, 3.63) is 59.7 Å². The molecule has 0 N–H and O–H groups in total. The number of rotatable bonds is 8. The summed E-state index contributed by atoms with van der Waals surface area (Å²) in [5, 5.41) is 0. The van der Waals surface area contributed by atoms with Crippen LogP contribution in [0.4, 0.5) is 8.78 Å². The molecule has 2 atom stereocenters. The predicted octanol–water partition coefficient (Wildman–Crippen LogP) is 7.63. The third-order valence-corrected chi connectivity index (χ3v) is 6.26. The van der Waals surface area contributed by atoms with E-state index in [1.54, 1.807) is 24.6 Å². The number of halogens is 2. The summed E-state index contributed by atoms with van der Waals surface area (Å²) in [5.41, 5.74) is 2.94. The van der Waals surface area contributed by atoms with Gasteiger partial charge in [0.15, 0.2) is 11.6 Å². The summed E-state index contributed by atoms with van der Waals surface area (Å²) in [6.45, 7) is 5.88. The van der Waals surface area contributed by atoms with Gasteiger partial charge < -0.3 is 4.74 Å². The van der Waals surface area contributed by atoms with Gasteiger partial charge in [0.2, 0.25) is 5.82 Å². The Hall–Kier alpha value is -1.90. The van der Waals surface area contributed by atoms with Crippen molar-refractivity contribution in [2.24, 2.45) is 11.8 Å². The van der Waals surface area contributed by atoms with Crippen molar-refractivity contribution in [3.8, 4) is 5.75 Å². The van der Waals surface area contributed by atoms with E-state index in [0.29, 0.717) is 18.1 Å². The summed E-state index contributed by atoms with van der Waals surface area (Å²) in [4.78, 5) is 0. The van der Waals surface area contributed by atoms with Crippen LogP contribution in [0.5, 0.6) is 5.75 Å². The molecule has 3 heteroatoms. The Morgan fingerprint density at radius 2 is 1.82 bits per heavy atom. The van der Waals surface area contributed by atoms with Crippen LogP contribution in [0.15, 0.2) is 42.5 Å². The minimum absolute atomic E-state index is 0.00377. The molecule has 0 aliphatic heterocycles. The molecule has 2 unspecified atom stereocenters. The Morgan fingerprint density at radius 1 is 1.07 bits per heavy atom. The van der Waals surface area contributed by atoms with Gasteiger partial charge in [-0.2, -0.15) is 4.39 Å². The highest BCUT2D eigenvalue weighted by Crippen LogP contribution is 2.41. The average molecular weight is 387 g/mol. The van der Waals surface area contributed by atoms with Crippen molar-refractivity contribution < 1.29 is 13.5 Å². The molecule has 0 radical (unpaired) electrons. The first-order valence-electron chi connectivity index (χ1n) is 10.7. The molecule has 1 nitrogen and oxygen atoms in total. The molecule has 0 heterocycles. The van der Waals surface area contributed by atoms with Gasteiger partial charge in [-0.25, -0.2) is 4.39 Å². The molecular formula is C25H32F2O. The number of unbranched alkanes of at least 4 members (excludes halogenated alkanes) is 1. The van der Waals surface area contributed by atoms with Crippen LogP contribution in [0.1, 0.15) is 70.3 Å². The van der Waals surface area contributed by atoms with E-state index in [1.807, 2.05) is 6.08 Å². The topological polar surface area (TPSA) is 9.23 Å². The Bertz CT molecular complexity index is 747. The Morgan fingerprint density at radius 3 is 2.43 bits per heavy atom. The number of hydrogen-bond acceptors (Lipinski definition) is 1. The van der Waals surface area contributed by atoms with Crippen molar-refractivity contribution >= 4 is 5.57 Å². The molecule has 2 aliphatic rings. The normalized spacial score (nSPS) is 22.4. The number of allylic oxidation sites excluding steroid dienone is 5. The summed E-state index contributed by atoms with van der Waals surface area (Å²) >= 11 is 0. The molecule has 0 spiro atoms. The molecule has 0 saturated carbocycles. The van der Waals surface area contributed by atoms with Gasteiger partial charge in [0, 0.05) is 5.56 Å². The van der Waals surface area contributed by atoms with Gasteiger partial charge >= 0.3 is 0 Å². The lowest BCUT2D eigenvalue weighted by atomic mass is 9.73. The summed E-state index contributed by atoms with van der Waals surface area (Å²) in [6.07, 6.45) is 16.6. The molecule has 28 heavy (non-hydrogen) atoms. The fraction of sp³-hybridized carbons (Fsp3) is 0.520. The molecule has 3 rings (SSSR count). The van der Waals surface area contributed by atoms with Crippen LogP contribution in [0.25, 0.3) is 5.57 Å². The maximum Gasteiger partial charge on any atom is 0.201 e. The SMILES string of the molecule is C=CCCCC1=CCC(C2CC=C(c3ccc(OCC)c(F)c3F)CC2)CC1. The second-order valence-corrected chi connectivity index (χ2v) is 8.01. The minimum Gasteiger partial charge on any atom is -0.491 e. The van der Waals surface area contributed by atoms with Crippen molar-refractivity contribution in [1.82, 2.24) is 0 Å². The van der Waals surface area contributed by atoms with Crippen LogP contribution in [0.3, 0.4) is 0 Å². The van der Waals surface area contributed by atoms with Crippen molar-refractivity contribution in [2.45, 2.75) is 64.7 Å². The van der Waals surface area contributed by atoms with E-state index in [1.165, 1.54) is 32.1 Å². The molecule has 0 amide bonds. The van der Waals surface area contributed by atoms with Crippen molar-refractivity contribution in [3.63, 3.8) is 0 Å². The van der Waals surface area contributed by atoms with Crippen LogP contribution in [-0.4, -0.2) is 6.61 Å². The lowest BCUT2D eigenvalue weighted by Gasteiger charge is -2.32. The van der Waals surface area contributed by atoms with Crippen LogP contribution < -0.4 is 4.74 Å². The molecule has 1 aromatic rings. The third kappa shape index (κ3) is 4.92. The lowest BCUT2D eigenvalue weighted by Crippen LogP contribution is -2.19. The monoisotopic (exact) mass is 386 g/mol. The standard InChI is InChI=1S/C25H32F2O/c1-3-5-6-7-18-8-10-19(11-9-18)20-12-14-21(15-13-20)22-16-17-23(28-4-2)25(27)24(22)26/h3,8,14,16-17,19-20H,1,4-7,9-13,15H2,2H3. The Labute approximate surface area is 168 Å². The largest absolute Gasteiger partial charge is 0.491 e. The molecule has 0 aromatic heterocycles. The van der Waals surface area contributed by atoms with E-state index in [0.717, 1.165) is 37.2 Å². The predicted molar refractivity (Wildman–Crippen MR) is 112 cm³/mol. The fourth-order valence-electron chi connectivity index (χ4n) is 4.61. The minimum atomic E-state index is -0.872. The highest BCUT2D eigenvalue weighted by Gasteiger charge is 2.27. The quantitative estimate of drug-likeness (QED) is 0.330. The second kappa shape index (κ2) is 10.0. The van der Waals surface area contributed by atoms with Gasteiger partial charge in [0.05, 0.1) is 6.61 Å². The molecular weight excluding hydrogens is 354 g/mol. The van der Waals surface area contributed by atoms with Gasteiger partial charge in [-0.1, -0.05) is 23.8 Å². The summed E-state index contributed by atoms with van der Waals surface area (Å²) in [7, 11) is 0. The van der Waals surface area contributed by atoms with Gasteiger partial charge in [0.25, 0.3) is 0 Å². The van der Waals surface area contributed by atoms with Crippen molar-refractivity contribution in [2.75, 3.05) is 6.61 Å². The summed E-state index contributed by atoms with van der Waals surface area (Å²) in [6, 6.07) is 3.21. The maximum atomic E-state index is 14.5. The van der Waals surface area contributed by atoms with E-state index in [4.69, 9.17) is 4.74 Å². The van der Waals surface area contributed by atoms with Crippen LogP contribution in [0.2, 0.25) is 0 Å².